The first-order valence-electron chi connectivity index (χ1n) is 5.93. The van der Waals surface area contributed by atoms with Crippen LogP contribution in [0.2, 0.25) is 0 Å². The van der Waals surface area contributed by atoms with Crippen LogP contribution >= 0.6 is 0 Å². The van der Waals surface area contributed by atoms with E-state index in [0.29, 0.717) is 5.69 Å². The summed E-state index contributed by atoms with van der Waals surface area (Å²) in [6.07, 6.45) is 1.52. The highest BCUT2D eigenvalue weighted by atomic mass is 16.4. The number of anilines is 2. The molecule has 0 unspecified atom stereocenters. The number of amides is 1. The van der Waals surface area contributed by atoms with Crippen LogP contribution < -0.4 is 11.1 Å². The molecule has 0 aliphatic carbocycles. The maximum atomic E-state index is 11.9. The van der Waals surface area contributed by atoms with Crippen molar-refractivity contribution < 1.29 is 14.7 Å². The number of nitrogens with two attached hydrogens (primary N) is 1. The standard InChI is InChI=1S/C13H18N2O3/c1-3-8(4-2)12(16)15-11-6-5-9(13(17)18)7-10(11)14/h5-8H,3-4,14H2,1-2H3,(H,15,16)(H,17,18). The molecule has 0 spiro atoms. The number of carbonyl (C=O) groups excluding carboxylic acids is 1. The SMILES string of the molecule is CCC(CC)C(=O)Nc1ccc(C(=O)O)cc1N. The van der Waals surface area contributed by atoms with Crippen molar-refractivity contribution in [3.05, 3.63) is 23.8 Å². The summed E-state index contributed by atoms with van der Waals surface area (Å²) >= 11 is 0. The van der Waals surface area contributed by atoms with Crippen LogP contribution in [0.5, 0.6) is 0 Å². The highest BCUT2D eigenvalue weighted by Gasteiger charge is 2.15. The molecule has 0 aliphatic heterocycles. The van der Waals surface area contributed by atoms with Crippen molar-refractivity contribution >= 4 is 23.3 Å². The maximum Gasteiger partial charge on any atom is 0.335 e. The van der Waals surface area contributed by atoms with E-state index in [1.807, 2.05) is 13.8 Å². The van der Waals surface area contributed by atoms with Crippen LogP contribution in [0.4, 0.5) is 11.4 Å². The predicted octanol–water partition coefficient (Wildman–Crippen LogP) is 2.34. The van der Waals surface area contributed by atoms with Gasteiger partial charge in [0.1, 0.15) is 0 Å². The van der Waals surface area contributed by atoms with E-state index in [0.717, 1.165) is 12.8 Å². The summed E-state index contributed by atoms with van der Waals surface area (Å²) in [5.41, 5.74) is 6.53. The van der Waals surface area contributed by atoms with E-state index >= 15 is 0 Å². The average Bonchev–Trinajstić information content (AvgIpc) is 2.33. The van der Waals surface area contributed by atoms with Crippen molar-refractivity contribution in [2.45, 2.75) is 26.7 Å². The molecule has 0 saturated carbocycles. The van der Waals surface area contributed by atoms with Gasteiger partial charge in [-0.2, -0.15) is 0 Å². The van der Waals surface area contributed by atoms with Crippen LogP contribution in [-0.2, 0) is 4.79 Å². The minimum Gasteiger partial charge on any atom is -0.478 e. The Hall–Kier alpha value is -2.04. The molecule has 18 heavy (non-hydrogen) atoms. The Morgan fingerprint density at radius 3 is 2.39 bits per heavy atom. The fourth-order valence-corrected chi connectivity index (χ4v) is 1.70. The van der Waals surface area contributed by atoms with E-state index in [1.165, 1.54) is 18.2 Å². The van der Waals surface area contributed by atoms with Gasteiger partial charge in [-0.25, -0.2) is 4.79 Å². The van der Waals surface area contributed by atoms with Gasteiger partial charge < -0.3 is 16.2 Å². The summed E-state index contributed by atoms with van der Waals surface area (Å²) < 4.78 is 0. The number of carboxylic acid groups (broad SMARTS) is 1. The van der Waals surface area contributed by atoms with Gasteiger partial charge in [0, 0.05) is 5.92 Å². The minimum absolute atomic E-state index is 0.0523. The van der Waals surface area contributed by atoms with Crippen molar-refractivity contribution in [1.29, 1.82) is 0 Å². The third kappa shape index (κ3) is 3.23. The average molecular weight is 250 g/mol. The predicted molar refractivity (Wildman–Crippen MR) is 70.5 cm³/mol. The van der Waals surface area contributed by atoms with Crippen LogP contribution in [0.1, 0.15) is 37.0 Å². The van der Waals surface area contributed by atoms with E-state index in [4.69, 9.17) is 10.8 Å². The van der Waals surface area contributed by atoms with Crippen LogP contribution in [0.15, 0.2) is 18.2 Å². The Morgan fingerprint density at radius 2 is 1.94 bits per heavy atom. The van der Waals surface area contributed by atoms with Gasteiger partial charge >= 0.3 is 5.97 Å². The smallest absolute Gasteiger partial charge is 0.335 e. The zero-order valence-corrected chi connectivity index (χ0v) is 10.6. The van der Waals surface area contributed by atoms with Crippen molar-refractivity contribution in [3.63, 3.8) is 0 Å². The van der Waals surface area contributed by atoms with E-state index < -0.39 is 5.97 Å². The monoisotopic (exact) mass is 250 g/mol. The molecule has 1 aromatic carbocycles. The topological polar surface area (TPSA) is 92.4 Å². The molecular formula is C13H18N2O3. The van der Waals surface area contributed by atoms with Gasteiger partial charge in [0.15, 0.2) is 0 Å². The fraction of sp³-hybridized carbons (Fsp3) is 0.385. The number of aromatic carboxylic acids is 1. The summed E-state index contributed by atoms with van der Waals surface area (Å²) in [4.78, 5) is 22.6. The van der Waals surface area contributed by atoms with Gasteiger partial charge in [-0.05, 0) is 31.0 Å². The molecule has 0 saturated heterocycles. The first-order chi connectivity index (χ1) is 8.49. The Labute approximate surface area is 106 Å². The Balaban J connectivity index is 2.86. The molecule has 4 N–H and O–H groups in total. The lowest BCUT2D eigenvalue weighted by atomic mass is 10.0. The van der Waals surface area contributed by atoms with Gasteiger partial charge in [0.2, 0.25) is 5.91 Å². The molecule has 0 aromatic heterocycles. The van der Waals surface area contributed by atoms with Gasteiger partial charge in [0.05, 0.1) is 16.9 Å². The number of benzene rings is 1. The van der Waals surface area contributed by atoms with Crippen LogP contribution in [-0.4, -0.2) is 17.0 Å². The number of nitrogen functional groups attached to an aromatic ring is 1. The number of hydrogen-bond donors (Lipinski definition) is 3. The van der Waals surface area contributed by atoms with E-state index in [2.05, 4.69) is 5.32 Å². The summed E-state index contributed by atoms with van der Waals surface area (Å²) in [6, 6.07) is 4.27. The van der Waals surface area contributed by atoms with Gasteiger partial charge in [-0.15, -0.1) is 0 Å². The fourth-order valence-electron chi connectivity index (χ4n) is 1.70. The Morgan fingerprint density at radius 1 is 1.33 bits per heavy atom. The van der Waals surface area contributed by atoms with E-state index in [9.17, 15) is 9.59 Å². The van der Waals surface area contributed by atoms with E-state index in [-0.39, 0.29) is 23.1 Å². The maximum absolute atomic E-state index is 11.9. The van der Waals surface area contributed by atoms with Crippen molar-refractivity contribution in [3.8, 4) is 0 Å². The molecule has 0 fully saturated rings. The second-order valence-electron chi connectivity index (χ2n) is 4.11. The third-order valence-corrected chi connectivity index (χ3v) is 2.91. The molecule has 98 valence electrons. The molecular weight excluding hydrogens is 232 g/mol. The third-order valence-electron chi connectivity index (χ3n) is 2.91. The highest BCUT2D eigenvalue weighted by Crippen LogP contribution is 2.21. The van der Waals surface area contributed by atoms with Gasteiger partial charge in [-0.3, -0.25) is 4.79 Å². The second-order valence-corrected chi connectivity index (χ2v) is 4.11. The lowest BCUT2D eigenvalue weighted by molar-refractivity contribution is -0.120. The van der Waals surface area contributed by atoms with E-state index in [1.54, 1.807) is 0 Å². The second kappa shape index (κ2) is 6.05. The molecule has 1 aromatic rings. The lowest BCUT2D eigenvalue weighted by Crippen LogP contribution is -2.22. The zero-order chi connectivity index (χ0) is 13.7. The normalized spacial score (nSPS) is 10.4. The lowest BCUT2D eigenvalue weighted by Gasteiger charge is -2.14. The summed E-state index contributed by atoms with van der Waals surface area (Å²) in [5.74, 6) is -1.18. The Bertz CT molecular complexity index is 454. The van der Waals surface area contributed by atoms with Crippen molar-refractivity contribution in [2.75, 3.05) is 11.1 Å². The molecule has 0 heterocycles. The number of rotatable bonds is 5. The first kappa shape index (κ1) is 14.0. The molecule has 1 rings (SSSR count). The number of carbonyl (C=O) groups is 2. The number of nitrogens with one attached hydrogen (secondary N) is 1. The van der Waals surface area contributed by atoms with Crippen LogP contribution in [0.3, 0.4) is 0 Å². The zero-order valence-electron chi connectivity index (χ0n) is 10.6. The molecule has 0 aliphatic rings. The minimum atomic E-state index is -1.04. The summed E-state index contributed by atoms with van der Waals surface area (Å²) in [7, 11) is 0. The Kier molecular flexibility index (Phi) is 4.71. The first-order valence-corrected chi connectivity index (χ1v) is 5.93. The molecule has 5 nitrogen and oxygen atoms in total. The summed E-state index contributed by atoms with van der Waals surface area (Å²) in [6.45, 7) is 3.90. The largest absolute Gasteiger partial charge is 0.478 e. The number of hydrogen-bond acceptors (Lipinski definition) is 3. The molecule has 0 atom stereocenters. The summed E-state index contributed by atoms with van der Waals surface area (Å²) in [5, 5.41) is 11.5. The van der Waals surface area contributed by atoms with Gasteiger partial charge in [0.25, 0.3) is 0 Å². The molecule has 0 radical (unpaired) electrons. The van der Waals surface area contributed by atoms with Crippen LogP contribution in [0, 0.1) is 5.92 Å². The molecule has 5 heteroatoms. The van der Waals surface area contributed by atoms with Crippen molar-refractivity contribution in [2.24, 2.45) is 5.92 Å². The quantitative estimate of drug-likeness (QED) is 0.699. The van der Waals surface area contributed by atoms with Gasteiger partial charge in [-0.1, -0.05) is 13.8 Å². The van der Waals surface area contributed by atoms with Crippen molar-refractivity contribution in [1.82, 2.24) is 0 Å². The number of carboxylic acids is 1. The molecule has 1 amide bonds. The van der Waals surface area contributed by atoms with Crippen LogP contribution in [0.25, 0.3) is 0 Å². The highest BCUT2D eigenvalue weighted by molar-refractivity contribution is 5.97. The molecule has 0 bridgehead atoms.